The number of aliphatic hydroxyl groups is 1. The molecule has 1 aliphatic carbocycles. The maximum absolute atomic E-state index is 8.92. The van der Waals surface area contributed by atoms with Gasteiger partial charge in [-0.25, -0.2) is 10.8 Å². The average molecular weight is 255 g/mol. The summed E-state index contributed by atoms with van der Waals surface area (Å²) in [6, 6.07) is 0.450. The molecule has 0 unspecified atom stereocenters. The number of rotatable bonds is 3. The number of hydrogen-bond donors (Lipinski definition) is 3. The molecule has 1 heterocycles. The van der Waals surface area contributed by atoms with Crippen LogP contribution in [0.5, 0.6) is 0 Å². The number of nitrogens with one attached hydrogen (secondary N) is 1. The van der Waals surface area contributed by atoms with Crippen molar-refractivity contribution in [3.63, 3.8) is 0 Å². The van der Waals surface area contributed by atoms with Crippen molar-refractivity contribution in [2.75, 3.05) is 39.3 Å². The summed E-state index contributed by atoms with van der Waals surface area (Å²) in [7, 11) is 0. The number of hydrazine groups is 1. The van der Waals surface area contributed by atoms with Gasteiger partial charge in [0, 0.05) is 32.7 Å². The fraction of sp³-hybridized carbons (Fsp3) is 0.917. The lowest BCUT2D eigenvalue weighted by molar-refractivity contribution is 0.145. The fourth-order valence-corrected chi connectivity index (χ4v) is 2.74. The normalized spacial score (nSPS) is 23.7. The summed E-state index contributed by atoms with van der Waals surface area (Å²) in [5, 5.41) is 8.92. The molecular formula is C12H25N5O. The van der Waals surface area contributed by atoms with Crippen molar-refractivity contribution >= 4 is 5.96 Å². The van der Waals surface area contributed by atoms with Crippen LogP contribution in [-0.2, 0) is 0 Å². The highest BCUT2D eigenvalue weighted by Crippen LogP contribution is 2.21. The van der Waals surface area contributed by atoms with E-state index in [0.717, 1.165) is 38.7 Å². The van der Waals surface area contributed by atoms with Gasteiger partial charge in [-0.05, 0) is 12.8 Å². The Bertz CT molecular complexity index is 270. The van der Waals surface area contributed by atoms with Gasteiger partial charge in [-0.3, -0.25) is 10.3 Å². The van der Waals surface area contributed by atoms with E-state index in [0.29, 0.717) is 6.04 Å². The molecule has 0 spiro atoms. The van der Waals surface area contributed by atoms with E-state index in [1.165, 1.54) is 25.7 Å². The first-order chi connectivity index (χ1) is 8.83. The largest absolute Gasteiger partial charge is 0.395 e. The molecule has 1 saturated carbocycles. The molecule has 4 N–H and O–H groups in total. The van der Waals surface area contributed by atoms with E-state index in [1.807, 2.05) is 0 Å². The number of piperazine rings is 1. The van der Waals surface area contributed by atoms with E-state index in [9.17, 15) is 0 Å². The van der Waals surface area contributed by atoms with Crippen molar-refractivity contribution in [2.24, 2.45) is 10.8 Å². The smallest absolute Gasteiger partial charge is 0.208 e. The average Bonchev–Trinajstić information content (AvgIpc) is 2.90. The van der Waals surface area contributed by atoms with Gasteiger partial charge >= 0.3 is 0 Å². The van der Waals surface area contributed by atoms with Crippen LogP contribution >= 0.6 is 0 Å². The maximum atomic E-state index is 8.92. The van der Waals surface area contributed by atoms with Gasteiger partial charge in [-0.2, -0.15) is 0 Å². The number of nitrogens with two attached hydrogens (primary N) is 1. The molecule has 0 atom stereocenters. The third-order valence-electron chi connectivity index (χ3n) is 3.85. The van der Waals surface area contributed by atoms with Crippen LogP contribution in [0.15, 0.2) is 4.99 Å². The highest BCUT2D eigenvalue weighted by atomic mass is 16.3. The molecular weight excluding hydrogens is 230 g/mol. The Morgan fingerprint density at radius 2 is 1.89 bits per heavy atom. The number of aliphatic imine (C=N–C) groups is 1. The standard InChI is InChI=1S/C12H25N5O/c13-15-12(14-11-3-1-2-4-11)17-7-5-16(6-8-17)9-10-18/h11,18H,1-10,13H2,(H,14,15). The molecule has 0 bridgehead atoms. The van der Waals surface area contributed by atoms with Crippen LogP contribution in [-0.4, -0.2) is 66.2 Å². The van der Waals surface area contributed by atoms with Gasteiger partial charge in [0.05, 0.1) is 12.6 Å². The molecule has 6 nitrogen and oxygen atoms in total. The molecule has 2 aliphatic rings. The third kappa shape index (κ3) is 3.57. The second-order valence-electron chi connectivity index (χ2n) is 5.09. The molecule has 2 fully saturated rings. The van der Waals surface area contributed by atoms with Gasteiger partial charge < -0.3 is 10.0 Å². The lowest BCUT2D eigenvalue weighted by atomic mass is 10.3. The Morgan fingerprint density at radius 3 is 2.44 bits per heavy atom. The van der Waals surface area contributed by atoms with Crippen LogP contribution in [0.4, 0.5) is 0 Å². The SMILES string of the molecule is NNC(=NC1CCCC1)N1CCN(CCO)CC1. The maximum Gasteiger partial charge on any atom is 0.208 e. The predicted molar refractivity (Wildman–Crippen MR) is 72.1 cm³/mol. The molecule has 0 radical (unpaired) electrons. The summed E-state index contributed by atoms with van der Waals surface area (Å²) >= 11 is 0. The van der Waals surface area contributed by atoms with Crippen molar-refractivity contribution in [2.45, 2.75) is 31.7 Å². The van der Waals surface area contributed by atoms with Gasteiger partial charge in [0.25, 0.3) is 0 Å². The van der Waals surface area contributed by atoms with Crippen LogP contribution in [0.2, 0.25) is 0 Å². The summed E-state index contributed by atoms with van der Waals surface area (Å²) in [5.41, 5.74) is 2.75. The Hall–Kier alpha value is -0.850. The first-order valence-corrected chi connectivity index (χ1v) is 6.96. The quantitative estimate of drug-likeness (QED) is 0.271. The fourth-order valence-electron chi connectivity index (χ4n) is 2.74. The van der Waals surface area contributed by atoms with Crippen molar-refractivity contribution in [3.8, 4) is 0 Å². The van der Waals surface area contributed by atoms with Crippen molar-refractivity contribution in [1.29, 1.82) is 0 Å². The van der Waals surface area contributed by atoms with Crippen LogP contribution in [0.25, 0.3) is 0 Å². The number of β-amino-alcohol motifs (C(OH)–C–C–N with tert-alkyl or cyclic N) is 1. The Kier molecular flexibility index (Phi) is 5.22. The monoisotopic (exact) mass is 255 g/mol. The number of guanidine groups is 1. The molecule has 0 aromatic rings. The van der Waals surface area contributed by atoms with Gasteiger partial charge in [0.2, 0.25) is 5.96 Å². The number of hydrogen-bond acceptors (Lipinski definition) is 4. The Balaban J connectivity index is 1.85. The van der Waals surface area contributed by atoms with Crippen LogP contribution < -0.4 is 11.3 Å². The van der Waals surface area contributed by atoms with Crippen LogP contribution in [0.3, 0.4) is 0 Å². The Labute approximate surface area is 109 Å². The van der Waals surface area contributed by atoms with Gasteiger partial charge in [0.1, 0.15) is 0 Å². The summed E-state index contributed by atoms with van der Waals surface area (Å²) in [4.78, 5) is 9.21. The summed E-state index contributed by atoms with van der Waals surface area (Å²) in [6.07, 6.45) is 4.96. The molecule has 1 saturated heterocycles. The van der Waals surface area contributed by atoms with Crippen LogP contribution in [0.1, 0.15) is 25.7 Å². The summed E-state index contributed by atoms with van der Waals surface area (Å²) < 4.78 is 0. The minimum atomic E-state index is 0.234. The molecule has 1 aliphatic heterocycles. The molecule has 6 heteroatoms. The second kappa shape index (κ2) is 6.92. The third-order valence-corrected chi connectivity index (χ3v) is 3.85. The molecule has 0 amide bonds. The van der Waals surface area contributed by atoms with Gasteiger partial charge in [0.15, 0.2) is 0 Å². The molecule has 104 valence electrons. The minimum absolute atomic E-state index is 0.234. The summed E-state index contributed by atoms with van der Waals surface area (Å²) in [5.74, 6) is 6.44. The predicted octanol–water partition coefficient (Wildman–Crippen LogP) is -0.642. The van der Waals surface area contributed by atoms with E-state index >= 15 is 0 Å². The molecule has 2 rings (SSSR count). The zero-order valence-electron chi connectivity index (χ0n) is 11.0. The van der Waals surface area contributed by atoms with Crippen molar-refractivity contribution in [1.82, 2.24) is 15.2 Å². The highest BCUT2D eigenvalue weighted by Gasteiger charge is 2.21. The zero-order valence-corrected chi connectivity index (χ0v) is 11.0. The topological polar surface area (TPSA) is 77.1 Å². The molecule has 18 heavy (non-hydrogen) atoms. The minimum Gasteiger partial charge on any atom is -0.395 e. The zero-order chi connectivity index (χ0) is 12.8. The highest BCUT2D eigenvalue weighted by molar-refractivity contribution is 5.79. The van der Waals surface area contributed by atoms with Crippen molar-refractivity contribution in [3.05, 3.63) is 0 Å². The van der Waals surface area contributed by atoms with E-state index in [2.05, 4.69) is 15.2 Å². The van der Waals surface area contributed by atoms with E-state index in [1.54, 1.807) is 0 Å². The van der Waals surface area contributed by atoms with E-state index < -0.39 is 0 Å². The lowest BCUT2D eigenvalue weighted by Crippen LogP contribution is -2.54. The van der Waals surface area contributed by atoms with E-state index in [-0.39, 0.29) is 6.61 Å². The van der Waals surface area contributed by atoms with Gasteiger partial charge in [-0.1, -0.05) is 12.8 Å². The van der Waals surface area contributed by atoms with Crippen LogP contribution in [0, 0.1) is 0 Å². The lowest BCUT2D eigenvalue weighted by Gasteiger charge is -2.36. The summed E-state index contributed by atoms with van der Waals surface area (Å²) in [6.45, 7) is 4.78. The van der Waals surface area contributed by atoms with Gasteiger partial charge in [-0.15, -0.1) is 0 Å². The number of nitrogens with zero attached hydrogens (tertiary/aromatic N) is 3. The first-order valence-electron chi connectivity index (χ1n) is 6.96. The number of aliphatic hydroxyl groups excluding tert-OH is 1. The molecule has 0 aromatic heterocycles. The second-order valence-corrected chi connectivity index (χ2v) is 5.09. The Morgan fingerprint density at radius 1 is 1.22 bits per heavy atom. The van der Waals surface area contributed by atoms with Crippen molar-refractivity contribution < 1.29 is 5.11 Å². The first kappa shape index (κ1) is 13.6. The van der Waals surface area contributed by atoms with E-state index in [4.69, 9.17) is 15.9 Å². The molecule has 0 aromatic carbocycles.